The normalized spacial score (nSPS) is 17.3. The highest BCUT2D eigenvalue weighted by molar-refractivity contribution is 9.10. The largest absolute Gasteiger partial charge is 0.383 e. The second-order valence-corrected chi connectivity index (χ2v) is 4.90. The number of benzene rings is 1. The first-order valence-corrected chi connectivity index (χ1v) is 5.77. The molecule has 1 saturated heterocycles. The van der Waals surface area contributed by atoms with Gasteiger partial charge in [-0.1, -0.05) is 15.9 Å². The Morgan fingerprint density at radius 3 is 2.82 bits per heavy atom. The van der Waals surface area contributed by atoms with Gasteiger partial charge in [-0.15, -0.1) is 0 Å². The molecule has 6 nitrogen and oxygen atoms in total. The fourth-order valence-electron chi connectivity index (χ4n) is 1.51. The maximum atomic E-state index is 10.8. The first kappa shape index (κ1) is 12.3. The molecule has 0 amide bonds. The Balaban J connectivity index is 2.13. The van der Waals surface area contributed by atoms with E-state index in [9.17, 15) is 15.2 Å². The van der Waals surface area contributed by atoms with Crippen molar-refractivity contribution >= 4 is 27.3 Å². The van der Waals surface area contributed by atoms with E-state index in [-0.39, 0.29) is 25.4 Å². The van der Waals surface area contributed by atoms with Crippen molar-refractivity contribution < 1.29 is 14.8 Å². The number of hydrogen-bond donors (Lipinski definition) is 2. The van der Waals surface area contributed by atoms with Gasteiger partial charge in [0.1, 0.15) is 11.3 Å². The van der Waals surface area contributed by atoms with E-state index in [2.05, 4.69) is 21.2 Å². The van der Waals surface area contributed by atoms with Crippen LogP contribution >= 0.6 is 15.9 Å². The second kappa shape index (κ2) is 4.59. The Bertz CT molecular complexity index is 448. The highest BCUT2D eigenvalue weighted by Gasteiger charge is 2.36. The van der Waals surface area contributed by atoms with Gasteiger partial charge in [0.25, 0.3) is 5.69 Å². The summed E-state index contributed by atoms with van der Waals surface area (Å²) in [5.41, 5.74) is -0.558. The second-order valence-electron chi connectivity index (χ2n) is 3.99. The molecule has 0 aromatic heterocycles. The van der Waals surface area contributed by atoms with Crippen LogP contribution in [0.1, 0.15) is 0 Å². The smallest absolute Gasteiger partial charge is 0.292 e. The molecule has 0 atom stereocenters. The molecule has 92 valence electrons. The van der Waals surface area contributed by atoms with Crippen LogP contribution in [-0.4, -0.2) is 35.4 Å². The number of nitro benzene ring substituents is 1. The molecule has 1 aromatic rings. The fraction of sp³-hybridized carbons (Fsp3) is 0.400. The molecule has 1 aliphatic heterocycles. The summed E-state index contributed by atoms with van der Waals surface area (Å²) in [4.78, 5) is 10.3. The molecule has 1 aliphatic rings. The fourth-order valence-corrected chi connectivity index (χ4v) is 1.87. The van der Waals surface area contributed by atoms with Crippen molar-refractivity contribution in [3.05, 3.63) is 32.8 Å². The van der Waals surface area contributed by atoms with Gasteiger partial charge in [0.05, 0.1) is 18.1 Å². The lowest BCUT2D eigenvalue weighted by atomic mass is 10.0. The molecule has 1 heterocycles. The molecule has 0 aliphatic carbocycles. The van der Waals surface area contributed by atoms with Crippen LogP contribution in [0.5, 0.6) is 0 Å². The Morgan fingerprint density at radius 1 is 1.59 bits per heavy atom. The number of nitrogens with zero attached hydrogens (tertiary/aromatic N) is 1. The zero-order valence-corrected chi connectivity index (χ0v) is 10.4. The molecule has 0 unspecified atom stereocenters. The summed E-state index contributed by atoms with van der Waals surface area (Å²) in [5.74, 6) is 0. The maximum absolute atomic E-state index is 10.8. The highest BCUT2D eigenvalue weighted by Crippen LogP contribution is 2.29. The van der Waals surface area contributed by atoms with E-state index >= 15 is 0 Å². The first-order chi connectivity index (χ1) is 8.00. The lowest BCUT2D eigenvalue weighted by Gasteiger charge is -2.36. The minimum atomic E-state index is -0.920. The number of ether oxygens (including phenoxy) is 1. The summed E-state index contributed by atoms with van der Waals surface area (Å²) in [7, 11) is 0. The number of halogens is 1. The van der Waals surface area contributed by atoms with E-state index in [1.54, 1.807) is 12.1 Å². The summed E-state index contributed by atoms with van der Waals surface area (Å²) in [6.07, 6.45) is 0. The van der Waals surface area contributed by atoms with Gasteiger partial charge < -0.3 is 15.2 Å². The van der Waals surface area contributed by atoms with E-state index in [0.717, 1.165) is 4.47 Å². The van der Waals surface area contributed by atoms with Crippen LogP contribution in [0.3, 0.4) is 0 Å². The van der Waals surface area contributed by atoms with Crippen molar-refractivity contribution in [2.24, 2.45) is 0 Å². The predicted octanol–water partition coefficient (Wildman–Crippen LogP) is 1.53. The zero-order valence-electron chi connectivity index (χ0n) is 8.85. The van der Waals surface area contributed by atoms with Crippen molar-refractivity contribution in [3.63, 3.8) is 0 Å². The van der Waals surface area contributed by atoms with Crippen molar-refractivity contribution in [2.45, 2.75) is 5.60 Å². The average Bonchev–Trinajstić information content (AvgIpc) is 2.23. The quantitative estimate of drug-likeness (QED) is 0.651. The topological polar surface area (TPSA) is 84.6 Å². The van der Waals surface area contributed by atoms with Crippen LogP contribution < -0.4 is 5.32 Å². The molecule has 0 saturated carbocycles. The molecule has 7 heteroatoms. The third kappa shape index (κ3) is 2.74. The minimum absolute atomic E-state index is 0.0166. The molecule has 2 N–H and O–H groups in total. The average molecular weight is 303 g/mol. The first-order valence-electron chi connectivity index (χ1n) is 4.98. The maximum Gasteiger partial charge on any atom is 0.292 e. The molecule has 0 radical (unpaired) electrons. The third-order valence-corrected chi connectivity index (χ3v) is 3.00. The van der Waals surface area contributed by atoms with Gasteiger partial charge in [0.2, 0.25) is 0 Å². The zero-order chi connectivity index (χ0) is 12.5. The monoisotopic (exact) mass is 302 g/mol. The van der Waals surface area contributed by atoms with Gasteiger partial charge in [-0.25, -0.2) is 0 Å². The van der Waals surface area contributed by atoms with Crippen LogP contribution in [0.2, 0.25) is 0 Å². The number of aliphatic hydroxyl groups is 1. The summed E-state index contributed by atoms with van der Waals surface area (Å²) in [6.45, 7) is 0.730. The molecular weight excluding hydrogens is 292 g/mol. The lowest BCUT2D eigenvalue weighted by Crippen LogP contribution is -2.54. The Hall–Kier alpha value is -1.18. The van der Waals surface area contributed by atoms with Crippen molar-refractivity contribution in [3.8, 4) is 0 Å². The van der Waals surface area contributed by atoms with E-state index in [1.165, 1.54) is 6.07 Å². The van der Waals surface area contributed by atoms with Crippen LogP contribution in [0.15, 0.2) is 22.7 Å². The summed E-state index contributed by atoms with van der Waals surface area (Å²) in [6, 6.07) is 4.62. The Morgan fingerprint density at radius 2 is 2.29 bits per heavy atom. The number of nitro groups is 1. The molecule has 1 fully saturated rings. The Labute approximate surface area is 106 Å². The molecule has 1 aromatic carbocycles. The molecule has 0 spiro atoms. The lowest BCUT2D eigenvalue weighted by molar-refractivity contribution is -0.384. The van der Waals surface area contributed by atoms with Gasteiger partial charge >= 0.3 is 0 Å². The third-order valence-electron chi connectivity index (χ3n) is 2.50. The van der Waals surface area contributed by atoms with Crippen molar-refractivity contribution in [1.82, 2.24) is 0 Å². The summed E-state index contributed by atoms with van der Waals surface area (Å²) >= 11 is 3.25. The minimum Gasteiger partial charge on any atom is -0.383 e. The van der Waals surface area contributed by atoms with Gasteiger partial charge in [-0.3, -0.25) is 10.1 Å². The molecular formula is C10H11BrN2O4. The molecule has 0 bridgehead atoms. The van der Waals surface area contributed by atoms with Crippen molar-refractivity contribution in [2.75, 3.05) is 25.1 Å². The Kier molecular flexibility index (Phi) is 3.32. The van der Waals surface area contributed by atoms with Crippen LogP contribution in [0.25, 0.3) is 0 Å². The van der Waals surface area contributed by atoms with E-state index in [1.807, 2.05) is 0 Å². The number of nitrogens with one attached hydrogen (secondary N) is 1. The van der Waals surface area contributed by atoms with E-state index in [0.29, 0.717) is 5.69 Å². The molecule has 17 heavy (non-hydrogen) atoms. The van der Waals surface area contributed by atoms with Crippen LogP contribution in [-0.2, 0) is 4.74 Å². The van der Waals surface area contributed by atoms with Crippen LogP contribution in [0.4, 0.5) is 11.4 Å². The highest BCUT2D eigenvalue weighted by atomic mass is 79.9. The number of anilines is 1. The van der Waals surface area contributed by atoms with Gasteiger partial charge in [0, 0.05) is 17.1 Å². The summed E-state index contributed by atoms with van der Waals surface area (Å²) < 4.78 is 5.63. The van der Waals surface area contributed by atoms with Crippen molar-refractivity contribution in [1.29, 1.82) is 0 Å². The van der Waals surface area contributed by atoms with Gasteiger partial charge in [-0.05, 0) is 12.1 Å². The molecule has 2 rings (SSSR count). The van der Waals surface area contributed by atoms with E-state index in [4.69, 9.17) is 4.74 Å². The van der Waals surface area contributed by atoms with Gasteiger partial charge in [0.15, 0.2) is 0 Å². The number of rotatable bonds is 4. The van der Waals surface area contributed by atoms with Gasteiger partial charge in [-0.2, -0.15) is 0 Å². The van der Waals surface area contributed by atoms with Crippen LogP contribution in [0, 0.1) is 10.1 Å². The summed E-state index contributed by atoms with van der Waals surface area (Å²) in [5, 5.41) is 23.5. The standard InChI is InChI=1S/C10H11BrN2O4/c11-7-1-2-9(13(15)16)8(3-7)12-4-10(14)5-17-6-10/h1-3,12,14H,4-6H2. The number of hydrogen-bond acceptors (Lipinski definition) is 5. The predicted molar refractivity (Wildman–Crippen MR) is 65.1 cm³/mol. The SMILES string of the molecule is O=[N+]([O-])c1ccc(Br)cc1NCC1(O)COC1. The van der Waals surface area contributed by atoms with E-state index < -0.39 is 10.5 Å².